The Kier molecular flexibility index (Phi) is 3.70. The molecular weight excluding hydrogens is 204 g/mol. The van der Waals surface area contributed by atoms with Gasteiger partial charge in [-0.05, 0) is 0 Å². The average molecular weight is 214 g/mol. The fourth-order valence-corrected chi connectivity index (χ4v) is 1.80. The third-order valence-corrected chi connectivity index (χ3v) is 2.53. The lowest BCUT2D eigenvalue weighted by Gasteiger charge is -2.05. The fraction of sp³-hybridized carbons (Fsp3) is 0.375. The van der Waals surface area contributed by atoms with E-state index in [1.54, 1.807) is 6.92 Å². The van der Waals surface area contributed by atoms with Crippen LogP contribution in [0.5, 0.6) is 0 Å². The van der Waals surface area contributed by atoms with Crippen molar-refractivity contribution in [2.45, 2.75) is 23.6 Å². The zero-order valence-electron chi connectivity index (χ0n) is 7.56. The summed E-state index contributed by atoms with van der Waals surface area (Å²) in [4.78, 5) is 27.8. The van der Waals surface area contributed by atoms with Crippen molar-refractivity contribution in [1.29, 1.82) is 0 Å². The summed E-state index contributed by atoms with van der Waals surface area (Å²) in [7, 11) is 0. The van der Waals surface area contributed by atoms with Crippen LogP contribution in [0.15, 0.2) is 22.2 Å². The van der Waals surface area contributed by atoms with Gasteiger partial charge in [0.25, 0.3) is 5.56 Å². The van der Waals surface area contributed by atoms with E-state index in [4.69, 9.17) is 5.11 Å². The number of carboxylic acid groups (broad SMARTS) is 1. The number of rotatable bonds is 4. The van der Waals surface area contributed by atoms with Crippen molar-refractivity contribution in [1.82, 2.24) is 9.97 Å². The molecule has 0 saturated carbocycles. The van der Waals surface area contributed by atoms with Crippen LogP contribution in [0.1, 0.15) is 13.3 Å². The Morgan fingerprint density at radius 1 is 1.79 bits per heavy atom. The van der Waals surface area contributed by atoms with Crippen LogP contribution < -0.4 is 5.56 Å². The molecule has 5 nitrogen and oxygen atoms in total. The smallest absolute Gasteiger partial charge is 0.304 e. The first-order valence-electron chi connectivity index (χ1n) is 4.01. The highest BCUT2D eigenvalue weighted by molar-refractivity contribution is 7.99. The minimum absolute atomic E-state index is 0.0146. The van der Waals surface area contributed by atoms with Gasteiger partial charge in [-0.1, -0.05) is 18.7 Å². The first-order chi connectivity index (χ1) is 6.59. The summed E-state index contributed by atoms with van der Waals surface area (Å²) in [6.07, 6.45) is 2.92. The highest BCUT2D eigenvalue weighted by atomic mass is 32.2. The molecule has 0 fully saturated rings. The van der Waals surface area contributed by atoms with Crippen molar-refractivity contribution in [3.8, 4) is 0 Å². The van der Waals surface area contributed by atoms with Crippen LogP contribution in [0.2, 0.25) is 0 Å². The molecule has 0 aliphatic rings. The van der Waals surface area contributed by atoms with Gasteiger partial charge in [-0.3, -0.25) is 9.59 Å². The van der Waals surface area contributed by atoms with Crippen molar-refractivity contribution in [3.05, 3.63) is 22.7 Å². The Hall–Kier alpha value is -1.30. The molecule has 1 rings (SSSR count). The van der Waals surface area contributed by atoms with Crippen molar-refractivity contribution in [2.75, 3.05) is 0 Å². The van der Waals surface area contributed by atoms with E-state index in [-0.39, 0.29) is 17.2 Å². The lowest BCUT2D eigenvalue weighted by molar-refractivity contribution is -0.136. The Balaban J connectivity index is 2.65. The zero-order valence-corrected chi connectivity index (χ0v) is 8.37. The Morgan fingerprint density at radius 3 is 3.07 bits per heavy atom. The molecule has 0 spiro atoms. The highest BCUT2D eigenvalue weighted by Gasteiger charge is 2.11. The van der Waals surface area contributed by atoms with Gasteiger partial charge in [0, 0.05) is 17.6 Å². The number of carbonyl (C=O) groups is 1. The molecule has 1 unspecified atom stereocenters. The van der Waals surface area contributed by atoms with Crippen molar-refractivity contribution >= 4 is 17.7 Å². The molecule has 6 heteroatoms. The summed E-state index contributed by atoms with van der Waals surface area (Å²) < 4.78 is 0. The molecule has 0 aliphatic carbocycles. The van der Waals surface area contributed by atoms with Crippen LogP contribution in [0.3, 0.4) is 0 Å². The van der Waals surface area contributed by atoms with Crippen molar-refractivity contribution < 1.29 is 9.90 Å². The molecule has 0 saturated heterocycles. The highest BCUT2D eigenvalue weighted by Crippen LogP contribution is 2.19. The van der Waals surface area contributed by atoms with Crippen LogP contribution in [0.4, 0.5) is 0 Å². The van der Waals surface area contributed by atoms with E-state index in [0.717, 1.165) is 11.8 Å². The molecule has 1 heterocycles. The van der Waals surface area contributed by atoms with Gasteiger partial charge in [0.2, 0.25) is 0 Å². The molecule has 0 bridgehead atoms. The van der Waals surface area contributed by atoms with Crippen LogP contribution in [-0.2, 0) is 4.79 Å². The van der Waals surface area contributed by atoms with Crippen molar-refractivity contribution in [3.63, 3.8) is 0 Å². The number of aromatic amines is 1. The van der Waals surface area contributed by atoms with Gasteiger partial charge < -0.3 is 10.1 Å². The Morgan fingerprint density at radius 2 is 2.50 bits per heavy atom. The largest absolute Gasteiger partial charge is 0.481 e. The van der Waals surface area contributed by atoms with Crippen LogP contribution in [0, 0.1) is 0 Å². The van der Waals surface area contributed by atoms with E-state index in [9.17, 15) is 9.59 Å². The maximum Gasteiger partial charge on any atom is 0.304 e. The second kappa shape index (κ2) is 4.80. The van der Waals surface area contributed by atoms with Gasteiger partial charge in [0.1, 0.15) is 0 Å². The fourth-order valence-electron chi connectivity index (χ4n) is 0.900. The summed E-state index contributed by atoms with van der Waals surface area (Å²) in [6, 6.07) is 0. The summed E-state index contributed by atoms with van der Waals surface area (Å²) in [6.45, 7) is 1.74. The van der Waals surface area contributed by atoms with Crippen LogP contribution in [-0.4, -0.2) is 26.3 Å². The number of thioether (sulfide) groups is 1. The minimum Gasteiger partial charge on any atom is -0.481 e. The Bertz CT molecular complexity index is 377. The average Bonchev–Trinajstić information content (AvgIpc) is 2.07. The lowest BCUT2D eigenvalue weighted by atomic mass is 10.3. The third kappa shape index (κ3) is 3.21. The monoisotopic (exact) mass is 214 g/mol. The molecule has 1 aromatic rings. The van der Waals surface area contributed by atoms with E-state index in [1.807, 2.05) is 0 Å². The van der Waals surface area contributed by atoms with E-state index in [2.05, 4.69) is 9.97 Å². The number of nitrogens with one attached hydrogen (secondary N) is 1. The lowest BCUT2D eigenvalue weighted by Crippen LogP contribution is -2.13. The summed E-state index contributed by atoms with van der Waals surface area (Å²) in [5.74, 6) is -0.877. The first kappa shape index (κ1) is 10.8. The SMILES string of the molecule is CC(CC(=O)O)Sc1ncc[nH]c1=O. The molecule has 0 aromatic carbocycles. The summed E-state index contributed by atoms with van der Waals surface area (Å²) in [5.41, 5.74) is -0.283. The normalized spacial score (nSPS) is 12.4. The minimum atomic E-state index is -0.877. The molecule has 0 radical (unpaired) electrons. The van der Waals surface area contributed by atoms with Crippen LogP contribution in [0.25, 0.3) is 0 Å². The maximum absolute atomic E-state index is 11.2. The second-order valence-electron chi connectivity index (χ2n) is 2.75. The topological polar surface area (TPSA) is 83.0 Å². The van der Waals surface area contributed by atoms with Gasteiger partial charge in [0.05, 0.1) is 6.42 Å². The van der Waals surface area contributed by atoms with Gasteiger partial charge in [-0.25, -0.2) is 4.98 Å². The molecule has 1 atom stereocenters. The summed E-state index contributed by atoms with van der Waals surface area (Å²) >= 11 is 1.16. The molecule has 1 aromatic heterocycles. The van der Waals surface area contributed by atoms with E-state index in [1.165, 1.54) is 12.4 Å². The molecule has 0 amide bonds. The number of hydrogen-bond acceptors (Lipinski definition) is 4. The number of nitrogens with zero attached hydrogens (tertiary/aromatic N) is 1. The Labute approximate surface area is 84.6 Å². The van der Waals surface area contributed by atoms with Gasteiger partial charge in [-0.2, -0.15) is 0 Å². The standard InChI is InChI=1S/C8H10N2O3S/c1-5(4-6(11)12)14-8-7(13)9-2-3-10-8/h2-3,5H,4H2,1H3,(H,9,13)(H,11,12). The number of hydrogen-bond donors (Lipinski definition) is 2. The first-order valence-corrected chi connectivity index (χ1v) is 4.89. The van der Waals surface area contributed by atoms with Crippen LogP contribution >= 0.6 is 11.8 Å². The van der Waals surface area contributed by atoms with Gasteiger partial charge in [-0.15, -0.1) is 0 Å². The van der Waals surface area contributed by atoms with E-state index in [0.29, 0.717) is 5.03 Å². The molecule has 76 valence electrons. The predicted molar refractivity (Wildman–Crippen MR) is 52.4 cm³/mol. The number of carboxylic acids is 1. The summed E-state index contributed by atoms with van der Waals surface area (Å²) in [5, 5.41) is 8.65. The number of aromatic nitrogens is 2. The van der Waals surface area contributed by atoms with E-state index < -0.39 is 5.97 Å². The van der Waals surface area contributed by atoms with Gasteiger partial charge in [0.15, 0.2) is 5.03 Å². The maximum atomic E-state index is 11.2. The molecule has 14 heavy (non-hydrogen) atoms. The number of aliphatic carboxylic acids is 1. The van der Waals surface area contributed by atoms with Crippen molar-refractivity contribution in [2.24, 2.45) is 0 Å². The third-order valence-electron chi connectivity index (χ3n) is 1.45. The molecular formula is C8H10N2O3S. The molecule has 0 aliphatic heterocycles. The molecule has 2 N–H and O–H groups in total. The van der Waals surface area contributed by atoms with Gasteiger partial charge >= 0.3 is 5.97 Å². The number of H-pyrrole nitrogens is 1. The zero-order chi connectivity index (χ0) is 10.6. The quantitative estimate of drug-likeness (QED) is 0.722. The second-order valence-corrected chi connectivity index (χ2v) is 4.18. The predicted octanol–water partition coefficient (Wildman–Crippen LogP) is 0.725. The van der Waals surface area contributed by atoms with E-state index >= 15 is 0 Å².